The lowest BCUT2D eigenvalue weighted by atomic mass is 10.1. The van der Waals surface area contributed by atoms with E-state index in [0.717, 1.165) is 21.4 Å². The Bertz CT molecular complexity index is 643. The Labute approximate surface area is 126 Å². The first-order valence-corrected chi connectivity index (χ1v) is 6.92. The number of para-hydroxylation sites is 1. The Morgan fingerprint density at radius 2 is 1.95 bits per heavy atom. The summed E-state index contributed by atoms with van der Waals surface area (Å²) < 4.78 is 0.894. The molecular formula is C15H16BrN3O. The molecule has 0 aliphatic heterocycles. The number of anilines is 2. The summed E-state index contributed by atoms with van der Waals surface area (Å²) in [5.41, 5.74) is 14.4. The highest BCUT2D eigenvalue weighted by Crippen LogP contribution is 2.26. The third kappa shape index (κ3) is 3.11. The van der Waals surface area contributed by atoms with Gasteiger partial charge < -0.3 is 16.4 Å². The van der Waals surface area contributed by atoms with Crippen LogP contribution in [0.15, 0.2) is 46.9 Å². The number of hydrogen-bond donors (Lipinski definition) is 2. The Kier molecular flexibility index (Phi) is 4.29. The SMILES string of the molecule is CN(Cc1ccccc1N)c1cc(Br)ccc1C(N)=O. The number of primary amides is 1. The van der Waals surface area contributed by atoms with E-state index in [1.165, 1.54) is 0 Å². The summed E-state index contributed by atoms with van der Waals surface area (Å²) in [5, 5.41) is 0. The van der Waals surface area contributed by atoms with Gasteiger partial charge >= 0.3 is 0 Å². The summed E-state index contributed by atoms with van der Waals surface area (Å²) in [7, 11) is 1.90. The maximum atomic E-state index is 11.5. The fourth-order valence-electron chi connectivity index (χ4n) is 2.05. The van der Waals surface area contributed by atoms with Gasteiger partial charge in [-0.25, -0.2) is 0 Å². The lowest BCUT2D eigenvalue weighted by Gasteiger charge is -2.22. The molecule has 0 heterocycles. The Morgan fingerprint density at radius 3 is 2.60 bits per heavy atom. The average molecular weight is 334 g/mol. The molecule has 1 amide bonds. The molecule has 0 aromatic heterocycles. The number of halogens is 1. The summed E-state index contributed by atoms with van der Waals surface area (Å²) in [6, 6.07) is 13.1. The van der Waals surface area contributed by atoms with Crippen molar-refractivity contribution >= 4 is 33.2 Å². The lowest BCUT2D eigenvalue weighted by molar-refractivity contribution is 0.100. The molecule has 0 saturated carbocycles. The van der Waals surface area contributed by atoms with E-state index in [0.29, 0.717) is 12.1 Å². The molecule has 2 rings (SSSR count). The highest BCUT2D eigenvalue weighted by molar-refractivity contribution is 9.10. The number of amides is 1. The van der Waals surface area contributed by atoms with Gasteiger partial charge in [0.1, 0.15) is 0 Å². The van der Waals surface area contributed by atoms with Gasteiger partial charge in [0.05, 0.1) is 11.3 Å². The quantitative estimate of drug-likeness (QED) is 0.845. The van der Waals surface area contributed by atoms with Gasteiger partial charge in [-0.2, -0.15) is 0 Å². The molecule has 0 aliphatic carbocycles. The monoisotopic (exact) mass is 333 g/mol. The van der Waals surface area contributed by atoms with Gasteiger partial charge in [0.15, 0.2) is 0 Å². The molecule has 20 heavy (non-hydrogen) atoms. The fraction of sp³-hybridized carbons (Fsp3) is 0.133. The first-order chi connectivity index (χ1) is 9.49. The van der Waals surface area contributed by atoms with E-state index in [2.05, 4.69) is 15.9 Å². The largest absolute Gasteiger partial charge is 0.398 e. The van der Waals surface area contributed by atoms with Crippen molar-refractivity contribution in [2.75, 3.05) is 17.7 Å². The van der Waals surface area contributed by atoms with E-state index < -0.39 is 5.91 Å². The molecule has 0 fully saturated rings. The Morgan fingerprint density at radius 1 is 1.25 bits per heavy atom. The second-order valence-electron chi connectivity index (χ2n) is 4.58. The lowest BCUT2D eigenvalue weighted by Crippen LogP contribution is -2.22. The van der Waals surface area contributed by atoms with Crippen molar-refractivity contribution in [1.29, 1.82) is 0 Å². The maximum absolute atomic E-state index is 11.5. The average Bonchev–Trinajstić information content (AvgIpc) is 2.40. The van der Waals surface area contributed by atoms with Crippen LogP contribution in [0.5, 0.6) is 0 Å². The van der Waals surface area contributed by atoms with E-state index >= 15 is 0 Å². The van der Waals surface area contributed by atoms with E-state index in [1.54, 1.807) is 12.1 Å². The maximum Gasteiger partial charge on any atom is 0.250 e. The standard InChI is InChI=1S/C15H16BrN3O/c1-19(9-10-4-2-3-5-13(10)17)14-8-11(16)6-7-12(14)15(18)20/h2-8H,9,17H2,1H3,(H2,18,20). The number of nitrogens with zero attached hydrogens (tertiary/aromatic N) is 1. The molecule has 5 heteroatoms. The summed E-state index contributed by atoms with van der Waals surface area (Å²) in [6.45, 7) is 0.601. The smallest absolute Gasteiger partial charge is 0.250 e. The van der Waals surface area contributed by atoms with Crippen molar-refractivity contribution in [3.8, 4) is 0 Å². The van der Waals surface area contributed by atoms with Crippen LogP contribution in [-0.4, -0.2) is 13.0 Å². The second-order valence-corrected chi connectivity index (χ2v) is 5.50. The number of carbonyl (C=O) groups is 1. The highest BCUT2D eigenvalue weighted by atomic mass is 79.9. The number of hydrogen-bond acceptors (Lipinski definition) is 3. The van der Waals surface area contributed by atoms with Crippen LogP contribution in [0.2, 0.25) is 0 Å². The molecular weight excluding hydrogens is 318 g/mol. The van der Waals surface area contributed by atoms with Crippen LogP contribution < -0.4 is 16.4 Å². The normalized spacial score (nSPS) is 10.3. The topological polar surface area (TPSA) is 72.3 Å². The zero-order valence-electron chi connectivity index (χ0n) is 11.1. The van der Waals surface area contributed by atoms with Crippen molar-refractivity contribution in [3.05, 3.63) is 58.1 Å². The summed E-state index contributed by atoms with van der Waals surface area (Å²) >= 11 is 3.41. The first-order valence-electron chi connectivity index (χ1n) is 6.13. The summed E-state index contributed by atoms with van der Waals surface area (Å²) in [5.74, 6) is -0.444. The third-order valence-electron chi connectivity index (χ3n) is 3.10. The number of nitrogen functional groups attached to an aromatic ring is 1. The molecule has 4 N–H and O–H groups in total. The molecule has 2 aromatic rings. The summed E-state index contributed by atoms with van der Waals surface area (Å²) in [4.78, 5) is 13.5. The first kappa shape index (κ1) is 14.4. The van der Waals surface area contributed by atoms with Crippen molar-refractivity contribution in [2.45, 2.75) is 6.54 Å². The van der Waals surface area contributed by atoms with Crippen molar-refractivity contribution in [2.24, 2.45) is 5.73 Å². The second kappa shape index (κ2) is 5.96. The van der Waals surface area contributed by atoms with Crippen molar-refractivity contribution < 1.29 is 4.79 Å². The molecule has 0 atom stereocenters. The molecule has 0 spiro atoms. The molecule has 2 aromatic carbocycles. The third-order valence-corrected chi connectivity index (χ3v) is 3.59. The van der Waals surface area contributed by atoms with Gasteiger partial charge in [-0.15, -0.1) is 0 Å². The molecule has 104 valence electrons. The van der Waals surface area contributed by atoms with Crippen LogP contribution in [0.4, 0.5) is 11.4 Å². The molecule has 0 saturated heterocycles. The number of benzene rings is 2. The molecule has 4 nitrogen and oxygen atoms in total. The van der Waals surface area contributed by atoms with Gasteiger partial charge in [-0.05, 0) is 29.8 Å². The molecule has 0 radical (unpaired) electrons. The zero-order chi connectivity index (χ0) is 14.7. The Hall–Kier alpha value is -2.01. The van der Waals surface area contributed by atoms with Gasteiger partial charge in [-0.3, -0.25) is 4.79 Å². The number of nitrogens with two attached hydrogens (primary N) is 2. The van der Waals surface area contributed by atoms with Crippen molar-refractivity contribution in [1.82, 2.24) is 0 Å². The van der Waals surface area contributed by atoms with Crippen LogP contribution in [0.1, 0.15) is 15.9 Å². The minimum absolute atomic E-state index is 0.444. The predicted octanol–water partition coefficient (Wildman–Crippen LogP) is 2.77. The van der Waals surface area contributed by atoms with Gasteiger partial charge in [-0.1, -0.05) is 34.1 Å². The van der Waals surface area contributed by atoms with E-state index in [1.807, 2.05) is 42.3 Å². The minimum Gasteiger partial charge on any atom is -0.398 e. The predicted molar refractivity (Wildman–Crippen MR) is 85.6 cm³/mol. The van der Waals surface area contributed by atoms with Crippen LogP contribution in [-0.2, 0) is 6.54 Å². The zero-order valence-corrected chi connectivity index (χ0v) is 12.7. The van der Waals surface area contributed by atoms with Crippen LogP contribution in [0.3, 0.4) is 0 Å². The Balaban J connectivity index is 2.34. The molecule has 0 bridgehead atoms. The fourth-order valence-corrected chi connectivity index (χ4v) is 2.40. The van der Waals surface area contributed by atoms with Crippen LogP contribution in [0, 0.1) is 0 Å². The molecule has 0 aliphatic rings. The van der Waals surface area contributed by atoms with Gasteiger partial charge in [0.25, 0.3) is 5.91 Å². The van der Waals surface area contributed by atoms with E-state index in [9.17, 15) is 4.79 Å². The van der Waals surface area contributed by atoms with E-state index in [-0.39, 0.29) is 0 Å². The van der Waals surface area contributed by atoms with E-state index in [4.69, 9.17) is 11.5 Å². The number of carbonyl (C=O) groups excluding carboxylic acids is 1. The van der Waals surface area contributed by atoms with Crippen LogP contribution in [0.25, 0.3) is 0 Å². The minimum atomic E-state index is -0.444. The van der Waals surface area contributed by atoms with Crippen molar-refractivity contribution in [3.63, 3.8) is 0 Å². The summed E-state index contributed by atoms with van der Waals surface area (Å²) in [6.07, 6.45) is 0. The van der Waals surface area contributed by atoms with Gasteiger partial charge in [0.2, 0.25) is 0 Å². The highest BCUT2D eigenvalue weighted by Gasteiger charge is 2.13. The van der Waals surface area contributed by atoms with Gasteiger partial charge in [0, 0.05) is 23.8 Å². The number of rotatable bonds is 4. The molecule has 0 unspecified atom stereocenters. The van der Waals surface area contributed by atoms with Crippen LogP contribution >= 0.6 is 15.9 Å².